The summed E-state index contributed by atoms with van der Waals surface area (Å²) in [5.74, 6) is 0.489. The first-order chi connectivity index (χ1) is 11.2. The summed E-state index contributed by atoms with van der Waals surface area (Å²) in [5.41, 5.74) is 7.60. The number of nitrogens with one attached hydrogen (secondary N) is 3. The molecule has 0 aromatic heterocycles. The Hall–Kier alpha value is -1.50. The average Bonchev–Trinajstić information content (AvgIpc) is 3.18. The molecule has 126 valence electrons. The normalized spacial score (nSPS) is 28.2. The Kier molecular flexibility index (Phi) is 5.25. The van der Waals surface area contributed by atoms with Crippen LogP contribution >= 0.6 is 0 Å². The standard InChI is InChI=1S/C17H25FN4O/c1-2-19-17(23)13-7-8-22(10-13)11-14-9-20-21-16(14)12-3-5-15(18)6-4-12/h3-6,13-14,16,20-21H,2,7-11H2,1H3,(H,19,23). The van der Waals surface area contributed by atoms with E-state index >= 15 is 0 Å². The Morgan fingerprint density at radius 1 is 1.39 bits per heavy atom. The van der Waals surface area contributed by atoms with Gasteiger partial charge in [-0.05, 0) is 37.6 Å². The highest BCUT2D eigenvalue weighted by atomic mass is 19.1. The first-order valence-corrected chi connectivity index (χ1v) is 8.41. The third-order valence-corrected chi connectivity index (χ3v) is 4.81. The molecule has 3 N–H and O–H groups in total. The third kappa shape index (κ3) is 3.88. The van der Waals surface area contributed by atoms with Crippen LogP contribution in [0.2, 0.25) is 0 Å². The maximum absolute atomic E-state index is 13.1. The van der Waals surface area contributed by atoms with E-state index in [1.165, 1.54) is 12.1 Å². The summed E-state index contributed by atoms with van der Waals surface area (Å²) in [6.45, 7) is 6.27. The van der Waals surface area contributed by atoms with Crippen LogP contribution in [0.15, 0.2) is 24.3 Å². The van der Waals surface area contributed by atoms with Crippen LogP contribution in [0.5, 0.6) is 0 Å². The summed E-state index contributed by atoms with van der Waals surface area (Å²) in [4.78, 5) is 14.3. The molecule has 2 aliphatic rings. The van der Waals surface area contributed by atoms with Crippen molar-refractivity contribution in [3.8, 4) is 0 Å². The average molecular weight is 320 g/mol. The Labute approximate surface area is 136 Å². The van der Waals surface area contributed by atoms with Crippen LogP contribution in [0.3, 0.4) is 0 Å². The fourth-order valence-corrected chi connectivity index (χ4v) is 3.59. The second-order valence-corrected chi connectivity index (χ2v) is 6.45. The van der Waals surface area contributed by atoms with Gasteiger partial charge in [-0.15, -0.1) is 0 Å². The van der Waals surface area contributed by atoms with Crippen molar-refractivity contribution in [1.82, 2.24) is 21.1 Å². The Morgan fingerprint density at radius 2 is 2.17 bits per heavy atom. The number of hydrazine groups is 1. The molecule has 1 amide bonds. The molecule has 5 nitrogen and oxygen atoms in total. The predicted octanol–water partition coefficient (Wildman–Crippen LogP) is 1.05. The number of rotatable bonds is 5. The van der Waals surface area contributed by atoms with Crippen molar-refractivity contribution in [3.05, 3.63) is 35.6 Å². The van der Waals surface area contributed by atoms with Crippen molar-refractivity contribution >= 4 is 5.91 Å². The van der Waals surface area contributed by atoms with Crippen molar-refractivity contribution in [2.24, 2.45) is 11.8 Å². The summed E-state index contributed by atoms with van der Waals surface area (Å²) in [7, 11) is 0. The zero-order valence-corrected chi connectivity index (χ0v) is 13.5. The van der Waals surface area contributed by atoms with E-state index in [-0.39, 0.29) is 23.7 Å². The minimum absolute atomic E-state index is 0.113. The highest BCUT2D eigenvalue weighted by Gasteiger charge is 2.34. The number of carbonyl (C=O) groups excluding carboxylic acids is 1. The molecule has 2 aliphatic heterocycles. The van der Waals surface area contributed by atoms with Gasteiger partial charge in [0.15, 0.2) is 0 Å². The highest BCUT2D eigenvalue weighted by Crippen LogP contribution is 2.27. The van der Waals surface area contributed by atoms with Crippen molar-refractivity contribution in [2.75, 3.05) is 32.7 Å². The van der Waals surface area contributed by atoms with E-state index in [0.717, 1.165) is 38.2 Å². The van der Waals surface area contributed by atoms with Gasteiger partial charge in [-0.1, -0.05) is 12.1 Å². The molecule has 0 saturated carbocycles. The van der Waals surface area contributed by atoms with Gasteiger partial charge >= 0.3 is 0 Å². The lowest BCUT2D eigenvalue weighted by Gasteiger charge is -2.24. The lowest BCUT2D eigenvalue weighted by molar-refractivity contribution is -0.124. The van der Waals surface area contributed by atoms with Crippen LogP contribution in [-0.4, -0.2) is 43.5 Å². The molecule has 0 bridgehead atoms. The van der Waals surface area contributed by atoms with Gasteiger partial charge in [-0.3, -0.25) is 10.2 Å². The summed E-state index contributed by atoms with van der Waals surface area (Å²) >= 11 is 0. The number of hydrogen-bond donors (Lipinski definition) is 3. The van der Waals surface area contributed by atoms with Crippen molar-refractivity contribution in [2.45, 2.75) is 19.4 Å². The number of nitrogens with zero attached hydrogens (tertiary/aromatic N) is 1. The number of carbonyl (C=O) groups is 1. The summed E-state index contributed by atoms with van der Waals surface area (Å²) in [6, 6.07) is 6.88. The van der Waals surface area contributed by atoms with E-state index in [0.29, 0.717) is 12.5 Å². The summed E-state index contributed by atoms with van der Waals surface area (Å²) in [6.07, 6.45) is 0.931. The van der Waals surface area contributed by atoms with Crippen LogP contribution in [-0.2, 0) is 4.79 Å². The molecular formula is C17H25FN4O. The molecule has 2 fully saturated rings. The molecule has 3 atom stereocenters. The molecule has 3 unspecified atom stereocenters. The number of halogens is 1. The second-order valence-electron chi connectivity index (χ2n) is 6.45. The zero-order valence-electron chi connectivity index (χ0n) is 13.5. The topological polar surface area (TPSA) is 56.4 Å². The summed E-state index contributed by atoms with van der Waals surface area (Å²) < 4.78 is 13.1. The lowest BCUT2D eigenvalue weighted by Crippen LogP contribution is -2.35. The molecule has 0 spiro atoms. The largest absolute Gasteiger partial charge is 0.356 e. The van der Waals surface area contributed by atoms with Crippen molar-refractivity contribution in [3.63, 3.8) is 0 Å². The number of hydrogen-bond acceptors (Lipinski definition) is 4. The first kappa shape index (κ1) is 16.4. The van der Waals surface area contributed by atoms with Crippen LogP contribution in [0.25, 0.3) is 0 Å². The summed E-state index contributed by atoms with van der Waals surface area (Å²) in [5, 5.41) is 2.92. The van der Waals surface area contributed by atoms with Gasteiger partial charge in [0.05, 0.1) is 12.0 Å². The predicted molar refractivity (Wildman–Crippen MR) is 87.0 cm³/mol. The van der Waals surface area contributed by atoms with E-state index in [1.807, 2.05) is 19.1 Å². The molecule has 2 saturated heterocycles. The molecule has 1 aromatic rings. The van der Waals surface area contributed by atoms with Crippen molar-refractivity contribution < 1.29 is 9.18 Å². The minimum Gasteiger partial charge on any atom is -0.356 e. The molecule has 6 heteroatoms. The SMILES string of the molecule is CCNC(=O)C1CCN(CC2CNNC2c2ccc(F)cc2)C1. The van der Waals surface area contributed by atoms with E-state index in [4.69, 9.17) is 0 Å². The maximum atomic E-state index is 13.1. The first-order valence-electron chi connectivity index (χ1n) is 8.41. The minimum atomic E-state index is -0.208. The fraction of sp³-hybridized carbons (Fsp3) is 0.588. The van der Waals surface area contributed by atoms with E-state index < -0.39 is 0 Å². The van der Waals surface area contributed by atoms with Crippen LogP contribution in [0.1, 0.15) is 24.9 Å². The Morgan fingerprint density at radius 3 is 2.91 bits per heavy atom. The van der Waals surface area contributed by atoms with Crippen LogP contribution in [0, 0.1) is 17.7 Å². The monoisotopic (exact) mass is 320 g/mol. The zero-order chi connectivity index (χ0) is 16.2. The van der Waals surface area contributed by atoms with Gasteiger partial charge in [0.2, 0.25) is 5.91 Å². The van der Waals surface area contributed by atoms with E-state index in [9.17, 15) is 9.18 Å². The van der Waals surface area contributed by atoms with Gasteiger partial charge in [0, 0.05) is 32.1 Å². The molecule has 0 aliphatic carbocycles. The fourth-order valence-electron chi connectivity index (χ4n) is 3.59. The van der Waals surface area contributed by atoms with Crippen LogP contribution < -0.4 is 16.2 Å². The lowest BCUT2D eigenvalue weighted by atomic mass is 9.94. The van der Waals surface area contributed by atoms with E-state index in [2.05, 4.69) is 21.1 Å². The number of amides is 1. The van der Waals surface area contributed by atoms with Gasteiger partial charge in [0.1, 0.15) is 5.82 Å². The quantitative estimate of drug-likeness (QED) is 0.759. The highest BCUT2D eigenvalue weighted by molar-refractivity contribution is 5.79. The molecule has 23 heavy (non-hydrogen) atoms. The van der Waals surface area contributed by atoms with Gasteiger partial charge in [-0.2, -0.15) is 0 Å². The third-order valence-electron chi connectivity index (χ3n) is 4.81. The molecule has 2 heterocycles. The molecule has 1 aromatic carbocycles. The van der Waals surface area contributed by atoms with Crippen molar-refractivity contribution in [1.29, 1.82) is 0 Å². The second kappa shape index (κ2) is 7.38. The van der Waals surface area contributed by atoms with Crippen LogP contribution in [0.4, 0.5) is 4.39 Å². The maximum Gasteiger partial charge on any atom is 0.224 e. The Bertz CT molecular complexity index is 536. The Balaban J connectivity index is 1.57. The van der Waals surface area contributed by atoms with E-state index in [1.54, 1.807) is 0 Å². The number of likely N-dealkylation sites (tertiary alicyclic amines) is 1. The molecular weight excluding hydrogens is 295 g/mol. The molecule has 3 rings (SSSR count). The smallest absolute Gasteiger partial charge is 0.224 e. The van der Waals surface area contributed by atoms with Gasteiger partial charge in [0.25, 0.3) is 0 Å². The van der Waals surface area contributed by atoms with Gasteiger partial charge < -0.3 is 10.2 Å². The van der Waals surface area contributed by atoms with Gasteiger partial charge in [-0.25, -0.2) is 9.82 Å². The number of benzene rings is 1. The molecule has 0 radical (unpaired) electrons.